The standard InChI is InChI=1S/C33H46N4O5/c1-20(2)28-29(38)34-23(5)30(39)37-18-10-11-27(35-37)31(40)42-24(6)21(3)12-14-26-15-13-25(19-22(26)4)16-17-33(7,8)32(41)36(28)9/h12-17,19-20,23-24,27-28,35H,3,10-11,18H2,1-2,4-9H3,(H,34,38)/b14-12-,17-16+/t23-,24+,27-,28?/m0/s1. The fourth-order valence-corrected chi connectivity index (χ4v) is 5.25. The molecular formula is C33H46N4O5. The van der Waals surface area contributed by atoms with Gasteiger partial charge in [0.15, 0.2) is 0 Å². The number of fused-ring (bicyclic) bond motifs is 14. The van der Waals surface area contributed by atoms with Gasteiger partial charge in [-0.2, -0.15) is 0 Å². The lowest BCUT2D eigenvalue weighted by molar-refractivity contribution is -0.155. The fourth-order valence-electron chi connectivity index (χ4n) is 5.25. The largest absolute Gasteiger partial charge is 0.457 e. The molecule has 0 aliphatic carbocycles. The van der Waals surface area contributed by atoms with E-state index in [0.29, 0.717) is 25.0 Å². The Morgan fingerprint density at radius 2 is 1.76 bits per heavy atom. The molecule has 1 fully saturated rings. The Labute approximate surface area is 250 Å². The van der Waals surface area contributed by atoms with Crippen LogP contribution in [0.5, 0.6) is 0 Å². The number of esters is 1. The predicted molar refractivity (Wildman–Crippen MR) is 165 cm³/mol. The molecule has 0 aromatic heterocycles. The maximum absolute atomic E-state index is 13.7. The van der Waals surface area contributed by atoms with Crippen molar-refractivity contribution < 1.29 is 23.9 Å². The van der Waals surface area contributed by atoms with Crippen molar-refractivity contribution in [1.29, 1.82) is 0 Å². The number of hydrogen-bond acceptors (Lipinski definition) is 6. The third-order valence-corrected chi connectivity index (χ3v) is 7.93. The van der Waals surface area contributed by atoms with Crippen molar-refractivity contribution >= 4 is 35.8 Å². The van der Waals surface area contributed by atoms with Crippen molar-refractivity contribution in [3.8, 4) is 0 Å². The molecular weight excluding hydrogens is 532 g/mol. The van der Waals surface area contributed by atoms with Gasteiger partial charge in [-0.1, -0.05) is 62.9 Å². The Hall–Kier alpha value is -3.72. The number of hydrogen-bond donors (Lipinski definition) is 2. The summed E-state index contributed by atoms with van der Waals surface area (Å²) in [6, 6.07) is 3.62. The van der Waals surface area contributed by atoms with Crippen LogP contribution in [0.4, 0.5) is 0 Å². The van der Waals surface area contributed by atoms with Crippen LogP contribution in [0.3, 0.4) is 0 Å². The van der Waals surface area contributed by atoms with Gasteiger partial charge < -0.3 is 15.0 Å². The Morgan fingerprint density at radius 3 is 2.40 bits per heavy atom. The minimum Gasteiger partial charge on any atom is -0.457 e. The van der Waals surface area contributed by atoms with Gasteiger partial charge in [0.2, 0.25) is 11.8 Å². The van der Waals surface area contributed by atoms with Crippen LogP contribution in [-0.4, -0.2) is 71.4 Å². The van der Waals surface area contributed by atoms with E-state index in [1.54, 1.807) is 20.9 Å². The van der Waals surface area contributed by atoms with Gasteiger partial charge in [-0.05, 0) is 75.6 Å². The lowest BCUT2D eigenvalue weighted by Gasteiger charge is -2.37. The Morgan fingerprint density at radius 1 is 1.07 bits per heavy atom. The summed E-state index contributed by atoms with van der Waals surface area (Å²) < 4.78 is 5.69. The van der Waals surface area contributed by atoms with Gasteiger partial charge in [-0.25, -0.2) is 5.43 Å². The molecule has 3 heterocycles. The van der Waals surface area contributed by atoms with Crippen molar-refractivity contribution in [2.24, 2.45) is 11.3 Å². The summed E-state index contributed by atoms with van der Waals surface area (Å²) in [5.74, 6) is -1.69. The third-order valence-electron chi connectivity index (χ3n) is 7.93. The quantitative estimate of drug-likeness (QED) is 0.488. The maximum Gasteiger partial charge on any atom is 0.325 e. The summed E-state index contributed by atoms with van der Waals surface area (Å²) in [7, 11) is 1.62. The highest BCUT2D eigenvalue weighted by Gasteiger charge is 2.38. The number of nitrogens with one attached hydrogen (secondary N) is 2. The molecule has 1 aromatic carbocycles. The van der Waals surface area contributed by atoms with E-state index in [2.05, 4.69) is 17.3 Å². The van der Waals surface area contributed by atoms with E-state index >= 15 is 0 Å². The molecule has 4 rings (SSSR count). The average Bonchev–Trinajstić information content (AvgIpc) is 2.93. The Bertz CT molecular complexity index is 1280. The monoisotopic (exact) mass is 578 g/mol. The van der Waals surface area contributed by atoms with Crippen molar-refractivity contribution in [2.75, 3.05) is 13.6 Å². The zero-order chi connectivity index (χ0) is 31.4. The summed E-state index contributed by atoms with van der Waals surface area (Å²) >= 11 is 0. The molecule has 1 unspecified atom stereocenters. The van der Waals surface area contributed by atoms with Gasteiger partial charge in [0, 0.05) is 13.6 Å². The number of aryl methyl sites for hydroxylation is 1. The number of rotatable bonds is 1. The first-order valence-corrected chi connectivity index (χ1v) is 14.6. The zero-order valence-electron chi connectivity index (χ0n) is 26.2. The number of ether oxygens (including phenoxy) is 1. The SMILES string of the molecule is C=C1/C=C\c2ccc(cc2C)/C=C/C(C)(C)C(=O)N(C)C(C(C)C)C(=O)N[C@@H](C)C(=O)N2CCC[C@H](N2)C(=O)O[C@@H]1C. The molecule has 0 radical (unpaired) electrons. The van der Waals surface area contributed by atoms with Crippen LogP contribution >= 0.6 is 0 Å². The molecule has 4 atom stereocenters. The highest BCUT2D eigenvalue weighted by molar-refractivity contribution is 5.94. The van der Waals surface area contributed by atoms with E-state index < -0.39 is 41.5 Å². The lowest BCUT2D eigenvalue weighted by atomic mass is 9.88. The van der Waals surface area contributed by atoms with Crippen LogP contribution in [0, 0.1) is 18.3 Å². The summed E-state index contributed by atoms with van der Waals surface area (Å²) in [6.07, 6.45) is 8.07. The highest BCUT2D eigenvalue weighted by atomic mass is 16.5. The van der Waals surface area contributed by atoms with Gasteiger partial charge in [0.25, 0.3) is 5.91 Å². The molecule has 9 nitrogen and oxygen atoms in total. The molecule has 1 saturated heterocycles. The molecule has 0 spiro atoms. The van der Waals surface area contributed by atoms with E-state index in [1.807, 2.05) is 77.1 Å². The Kier molecular flexibility index (Phi) is 10.5. The molecule has 1 aromatic rings. The van der Waals surface area contributed by atoms with Crippen LogP contribution in [0.15, 0.2) is 42.5 Å². The van der Waals surface area contributed by atoms with Gasteiger partial charge in [0.05, 0.1) is 5.41 Å². The summed E-state index contributed by atoms with van der Waals surface area (Å²) in [5, 5.41) is 4.17. The molecule has 3 aliphatic rings. The second kappa shape index (κ2) is 13.5. The smallest absolute Gasteiger partial charge is 0.325 e. The van der Waals surface area contributed by atoms with Crippen LogP contribution in [0.1, 0.15) is 71.1 Å². The number of hydrazine groups is 1. The minimum absolute atomic E-state index is 0.206. The number of amides is 3. The molecule has 3 aliphatic heterocycles. The molecule has 2 N–H and O–H groups in total. The van der Waals surface area contributed by atoms with E-state index in [0.717, 1.165) is 16.7 Å². The number of carbonyl (C=O) groups excluding carboxylic acids is 4. The maximum atomic E-state index is 13.7. The van der Waals surface area contributed by atoms with Crippen molar-refractivity contribution in [2.45, 2.75) is 85.5 Å². The van der Waals surface area contributed by atoms with Gasteiger partial charge in [-0.3, -0.25) is 24.2 Å². The van der Waals surface area contributed by atoms with Gasteiger partial charge in [0.1, 0.15) is 24.2 Å². The molecule has 4 bridgehead atoms. The predicted octanol–water partition coefficient (Wildman–Crippen LogP) is 4.03. The van der Waals surface area contributed by atoms with E-state index in [9.17, 15) is 19.2 Å². The molecule has 0 saturated carbocycles. The second-order valence-corrected chi connectivity index (χ2v) is 12.3. The molecule has 9 heteroatoms. The van der Waals surface area contributed by atoms with E-state index in [-0.39, 0.29) is 17.7 Å². The highest BCUT2D eigenvalue weighted by Crippen LogP contribution is 2.26. The first kappa shape index (κ1) is 32.8. The van der Waals surface area contributed by atoms with Gasteiger partial charge in [-0.15, -0.1) is 0 Å². The normalized spacial score (nSPS) is 28.0. The second-order valence-electron chi connectivity index (χ2n) is 12.3. The van der Waals surface area contributed by atoms with Crippen LogP contribution in [-0.2, 0) is 23.9 Å². The topological polar surface area (TPSA) is 108 Å². The van der Waals surface area contributed by atoms with Crippen molar-refractivity contribution in [3.05, 3.63) is 59.2 Å². The van der Waals surface area contributed by atoms with E-state index in [1.165, 1.54) is 9.91 Å². The van der Waals surface area contributed by atoms with Crippen LogP contribution in [0.2, 0.25) is 0 Å². The number of likely N-dealkylation sites (N-methyl/N-ethyl adjacent to an activating group) is 1. The third kappa shape index (κ3) is 7.76. The number of nitrogens with zero attached hydrogens (tertiary/aromatic N) is 2. The number of benzene rings is 1. The molecule has 228 valence electrons. The first-order chi connectivity index (χ1) is 19.6. The van der Waals surface area contributed by atoms with Crippen LogP contribution in [0.25, 0.3) is 12.2 Å². The molecule has 3 amide bonds. The fraction of sp³-hybridized carbons (Fsp3) is 0.515. The van der Waals surface area contributed by atoms with Crippen molar-refractivity contribution in [3.63, 3.8) is 0 Å². The summed E-state index contributed by atoms with van der Waals surface area (Å²) in [5.41, 5.74) is 5.68. The average molecular weight is 579 g/mol. The summed E-state index contributed by atoms with van der Waals surface area (Å²) in [4.78, 5) is 54.9. The summed E-state index contributed by atoms with van der Waals surface area (Å²) in [6.45, 7) is 17.2. The van der Waals surface area contributed by atoms with E-state index in [4.69, 9.17) is 4.74 Å². The van der Waals surface area contributed by atoms with Crippen molar-refractivity contribution in [1.82, 2.24) is 20.7 Å². The first-order valence-electron chi connectivity index (χ1n) is 14.6. The van der Waals surface area contributed by atoms with Crippen LogP contribution < -0.4 is 10.7 Å². The minimum atomic E-state index is -0.890. The number of carbonyl (C=O) groups is 4. The molecule has 42 heavy (non-hydrogen) atoms. The lowest BCUT2D eigenvalue weighted by Crippen LogP contribution is -2.61. The zero-order valence-corrected chi connectivity index (χ0v) is 26.2. The Balaban J connectivity index is 1.98. The van der Waals surface area contributed by atoms with Gasteiger partial charge >= 0.3 is 5.97 Å².